The molecule has 0 saturated heterocycles. The normalized spacial score (nSPS) is 16.1. The Bertz CT molecular complexity index is 144. The van der Waals surface area contributed by atoms with Crippen LogP contribution in [-0.4, -0.2) is 37.9 Å². The lowest BCUT2D eigenvalue weighted by atomic mass is 9.89. The van der Waals surface area contributed by atoms with E-state index < -0.39 is 0 Å². The van der Waals surface area contributed by atoms with E-state index in [2.05, 4.69) is 10.6 Å². The van der Waals surface area contributed by atoms with Crippen molar-refractivity contribution in [1.29, 1.82) is 0 Å². The largest absolute Gasteiger partial charge is 0.395 e. The molecular formula is C12H28Cl2N2O. The van der Waals surface area contributed by atoms with E-state index in [4.69, 9.17) is 5.11 Å². The number of hydrogen-bond donors (Lipinski definition) is 3. The number of hydrogen-bond acceptors (Lipinski definition) is 3. The quantitative estimate of drug-likeness (QED) is 0.598. The first-order valence-corrected chi connectivity index (χ1v) is 6.46. The van der Waals surface area contributed by atoms with Crippen LogP contribution in [0.3, 0.4) is 0 Å². The number of aliphatic hydroxyl groups excluding tert-OH is 1. The van der Waals surface area contributed by atoms with Crippen LogP contribution in [0.25, 0.3) is 0 Å². The molecule has 3 N–H and O–H groups in total. The van der Waals surface area contributed by atoms with Crippen LogP contribution < -0.4 is 10.6 Å². The topological polar surface area (TPSA) is 44.3 Å². The van der Waals surface area contributed by atoms with Crippen molar-refractivity contribution in [2.75, 3.05) is 32.8 Å². The van der Waals surface area contributed by atoms with Gasteiger partial charge in [0.2, 0.25) is 0 Å². The zero-order valence-electron chi connectivity index (χ0n) is 10.6. The Hall–Kier alpha value is 0.460. The Balaban J connectivity index is 0. The molecule has 0 amide bonds. The molecule has 0 bridgehead atoms. The van der Waals surface area contributed by atoms with E-state index in [-0.39, 0.29) is 31.4 Å². The molecule has 1 rings (SSSR count). The van der Waals surface area contributed by atoms with Crippen molar-refractivity contribution in [3.05, 3.63) is 0 Å². The molecule has 17 heavy (non-hydrogen) atoms. The van der Waals surface area contributed by atoms with Crippen LogP contribution in [0.1, 0.15) is 38.5 Å². The van der Waals surface area contributed by atoms with Gasteiger partial charge in [0.25, 0.3) is 0 Å². The maximum Gasteiger partial charge on any atom is 0.0555 e. The van der Waals surface area contributed by atoms with Gasteiger partial charge in [-0.2, -0.15) is 0 Å². The van der Waals surface area contributed by atoms with Gasteiger partial charge in [-0.15, -0.1) is 24.8 Å². The molecule has 0 heterocycles. The fourth-order valence-corrected chi connectivity index (χ4v) is 2.24. The van der Waals surface area contributed by atoms with E-state index in [1.165, 1.54) is 38.6 Å². The Morgan fingerprint density at radius 3 is 2.18 bits per heavy atom. The van der Waals surface area contributed by atoms with Crippen molar-refractivity contribution < 1.29 is 5.11 Å². The molecule has 106 valence electrons. The summed E-state index contributed by atoms with van der Waals surface area (Å²) in [7, 11) is 0. The third-order valence-electron chi connectivity index (χ3n) is 3.15. The summed E-state index contributed by atoms with van der Waals surface area (Å²) in [6.45, 7) is 4.30. The van der Waals surface area contributed by atoms with Gasteiger partial charge in [-0.05, 0) is 44.8 Å². The first kappa shape index (κ1) is 19.8. The Morgan fingerprint density at radius 2 is 1.53 bits per heavy atom. The van der Waals surface area contributed by atoms with Crippen LogP contribution in [0.5, 0.6) is 0 Å². The predicted octanol–water partition coefficient (Wildman–Crippen LogP) is 1.97. The second-order valence-corrected chi connectivity index (χ2v) is 4.54. The van der Waals surface area contributed by atoms with Gasteiger partial charge in [-0.25, -0.2) is 0 Å². The summed E-state index contributed by atoms with van der Waals surface area (Å²) < 4.78 is 0. The van der Waals surface area contributed by atoms with E-state index in [0.717, 1.165) is 32.0 Å². The smallest absolute Gasteiger partial charge is 0.0555 e. The zero-order chi connectivity index (χ0) is 10.8. The van der Waals surface area contributed by atoms with Crippen molar-refractivity contribution in [2.45, 2.75) is 38.5 Å². The molecule has 0 radical (unpaired) electrons. The zero-order valence-corrected chi connectivity index (χ0v) is 12.3. The molecule has 0 aromatic carbocycles. The standard InChI is InChI=1S/C12H26N2O.2ClH/c15-10-9-13-7-4-8-14-11-12-5-2-1-3-6-12;;/h12-15H,1-11H2;2*1H. The average molecular weight is 287 g/mol. The van der Waals surface area contributed by atoms with Gasteiger partial charge in [-0.3, -0.25) is 0 Å². The molecule has 1 fully saturated rings. The summed E-state index contributed by atoms with van der Waals surface area (Å²) in [5.41, 5.74) is 0. The van der Waals surface area contributed by atoms with Crippen molar-refractivity contribution in [2.24, 2.45) is 5.92 Å². The van der Waals surface area contributed by atoms with Crippen molar-refractivity contribution in [1.82, 2.24) is 10.6 Å². The maximum atomic E-state index is 8.56. The lowest BCUT2D eigenvalue weighted by molar-refractivity contribution is 0.291. The SMILES string of the molecule is Cl.Cl.OCCNCCCNCC1CCCCC1. The van der Waals surface area contributed by atoms with Gasteiger partial charge in [0.15, 0.2) is 0 Å². The molecule has 0 aromatic heterocycles. The van der Waals surface area contributed by atoms with Crippen LogP contribution in [0, 0.1) is 5.92 Å². The second-order valence-electron chi connectivity index (χ2n) is 4.54. The summed E-state index contributed by atoms with van der Waals surface area (Å²) in [5.74, 6) is 0.934. The number of nitrogens with one attached hydrogen (secondary N) is 2. The van der Waals surface area contributed by atoms with Gasteiger partial charge >= 0.3 is 0 Å². The highest BCUT2D eigenvalue weighted by atomic mass is 35.5. The molecule has 3 nitrogen and oxygen atoms in total. The summed E-state index contributed by atoms with van der Waals surface area (Å²) >= 11 is 0. The number of halogens is 2. The highest BCUT2D eigenvalue weighted by Gasteiger charge is 2.11. The molecule has 1 saturated carbocycles. The predicted molar refractivity (Wildman–Crippen MR) is 78.5 cm³/mol. The minimum absolute atomic E-state index is 0. The fourth-order valence-electron chi connectivity index (χ4n) is 2.24. The Kier molecular flexibility index (Phi) is 16.9. The van der Waals surface area contributed by atoms with Crippen LogP contribution in [-0.2, 0) is 0 Å². The van der Waals surface area contributed by atoms with E-state index in [1.807, 2.05) is 0 Å². The molecule has 0 spiro atoms. The second kappa shape index (κ2) is 14.5. The molecule has 0 aromatic rings. The van der Waals surface area contributed by atoms with Crippen LogP contribution in [0.15, 0.2) is 0 Å². The maximum absolute atomic E-state index is 8.56. The molecule has 0 aliphatic heterocycles. The van der Waals surface area contributed by atoms with E-state index in [0.29, 0.717) is 0 Å². The molecule has 0 unspecified atom stereocenters. The van der Waals surface area contributed by atoms with Gasteiger partial charge in [0, 0.05) is 6.54 Å². The third-order valence-corrected chi connectivity index (χ3v) is 3.15. The molecule has 5 heteroatoms. The minimum atomic E-state index is 0. The van der Waals surface area contributed by atoms with Gasteiger partial charge in [-0.1, -0.05) is 19.3 Å². The van der Waals surface area contributed by atoms with Gasteiger partial charge in [0.05, 0.1) is 6.61 Å². The highest BCUT2D eigenvalue weighted by molar-refractivity contribution is 5.85. The van der Waals surface area contributed by atoms with Gasteiger partial charge < -0.3 is 15.7 Å². The monoisotopic (exact) mass is 286 g/mol. The number of rotatable bonds is 8. The lowest BCUT2D eigenvalue weighted by Gasteiger charge is -2.21. The summed E-state index contributed by atoms with van der Waals surface area (Å²) in [4.78, 5) is 0. The van der Waals surface area contributed by atoms with Crippen molar-refractivity contribution >= 4 is 24.8 Å². The molecular weight excluding hydrogens is 259 g/mol. The highest BCUT2D eigenvalue weighted by Crippen LogP contribution is 2.22. The van der Waals surface area contributed by atoms with Crippen LogP contribution in [0.4, 0.5) is 0 Å². The number of aliphatic hydroxyl groups is 1. The van der Waals surface area contributed by atoms with E-state index >= 15 is 0 Å². The average Bonchev–Trinajstić information content (AvgIpc) is 2.29. The fraction of sp³-hybridized carbons (Fsp3) is 1.00. The lowest BCUT2D eigenvalue weighted by Crippen LogP contribution is -2.28. The summed E-state index contributed by atoms with van der Waals surface area (Å²) in [6, 6.07) is 0. The van der Waals surface area contributed by atoms with Crippen molar-refractivity contribution in [3.8, 4) is 0 Å². The van der Waals surface area contributed by atoms with E-state index in [1.54, 1.807) is 0 Å². The molecule has 0 atom stereocenters. The van der Waals surface area contributed by atoms with Crippen LogP contribution >= 0.6 is 24.8 Å². The van der Waals surface area contributed by atoms with Crippen LogP contribution in [0.2, 0.25) is 0 Å². The van der Waals surface area contributed by atoms with Gasteiger partial charge in [0.1, 0.15) is 0 Å². The first-order chi connectivity index (χ1) is 7.43. The minimum Gasteiger partial charge on any atom is -0.395 e. The summed E-state index contributed by atoms with van der Waals surface area (Å²) in [6.07, 6.45) is 8.33. The Morgan fingerprint density at radius 1 is 0.882 bits per heavy atom. The van der Waals surface area contributed by atoms with Crippen molar-refractivity contribution in [3.63, 3.8) is 0 Å². The first-order valence-electron chi connectivity index (χ1n) is 6.46. The Labute approximate surface area is 118 Å². The molecule has 1 aliphatic carbocycles. The molecule has 1 aliphatic rings. The van der Waals surface area contributed by atoms with E-state index in [9.17, 15) is 0 Å². The summed E-state index contributed by atoms with van der Waals surface area (Å²) in [5, 5.41) is 15.3. The third kappa shape index (κ3) is 11.3.